The third-order valence-corrected chi connectivity index (χ3v) is 2.76. The second kappa shape index (κ2) is 5.52. The van der Waals surface area contributed by atoms with Gasteiger partial charge in [0.05, 0.1) is 5.39 Å². The van der Waals surface area contributed by atoms with Crippen LogP contribution in [-0.4, -0.2) is 35.3 Å². The molecule has 1 N–H and O–H groups in total. The molecule has 1 aromatic heterocycles. The molecule has 0 aliphatic heterocycles. The van der Waals surface area contributed by atoms with E-state index in [0.29, 0.717) is 10.8 Å². The number of nitrogens with one attached hydrogen (secondary N) is 1. The summed E-state index contributed by atoms with van der Waals surface area (Å²) < 4.78 is 5.92. The number of likely N-dealkylation sites (N-methyl/N-ethyl adjacent to an activating group) is 1. The molecule has 0 atom stereocenters. The summed E-state index contributed by atoms with van der Waals surface area (Å²) in [7, 11) is 2.89. The van der Waals surface area contributed by atoms with E-state index in [1.54, 1.807) is 24.3 Å². The van der Waals surface area contributed by atoms with Crippen molar-refractivity contribution in [2.24, 2.45) is 7.05 Å². The van der Waals surface area contributed by atoms with Crippen molar-refractivity contribution < 1.29 is 14.3 Å². The molecular weight excluding hydrogens is 262 g/mol. The van der Waals surface area contributed by atoms with Gasteiger partial charge in [-0.1, -0.05) is 18.2 Å². The van der Waals surface area contributed by atoms with Crippen LogP contribution in [0.1, 0.15) is 10.5 Å². The van der Waals surface area contributed by atoms with Gasteiger partial charge in [0.15, 0.2) is 12.3 Å². The Morgan fingerprint density at radius 3 is 2.60 bits per heavy atom. The molecule has 1 amide bonds. The fraction of sp³-hybridized carbons (Fsp3) is 0.231. The Kier molecular flexibility index (Phi) is 3.79. The first kappa shape index (κ1) is 13.7. The van der Waals surface area contributed by atoms with Gasteiger partial charge in [-0.05, 0) is 6.07 Å². The van der Waals surface area contributed by atoms with Gasteiger partial charge in [-0.2, -0.15) is 5.10 Å². The standard InChI is InChI=1S/C13H13N3O4/c1-14-10(17)7-20-13(19)11-8-5-3-4-6-9(8)12(18)16(2)15-11/h3-6H,7H2,1-2H3,(H,14,17). The van der Waals surface area contributed by atoms with E-state index in [9.17, 15) is 14.4 Å². The third-order valence-electron chi connectivity index (χ3n) is 2.76. The van der Waals surface area contributed by atoms with E-state index in [1.165, 1.54) is 14.1 Å². The zero-order valence-electron chi connectivity index (χ0n) is 11.0. The molecule has 0 aliphatic rings. The molecule has 0 radical (unpaired) electrons. The van der Waals surface area contributed by atoms with Crippen molar-refractivity contribution in [1.29, 1.82) is 0 Å². The van der Waals surface area contributed by atoms with Gasteiger partial charge < -0.3 is 10.1 Å². The Morgan fingerprint density at radius 1 is 1.30 bits per heavy atom. The molecule has 1 heterocycles. The maximum absolute atomic E-state index is 12.0. The van der Waals surface area contributed by atoms with Gasteiger partial charge in [-0.3, -0.25) is 9.59 Å². The van der Waals surface area contributed by atoms with Crippen molar-refractivity contribution in [1.82, 2.24) is 15.1 Å². The van der Waals surface area contributed by atoms with Gasteiger partial charge in [-0.15, -0.1) is 0 Å². The van der Waals surface area contributed by atoms with Gasteiger partial charge in [-0.25, -0.2) is 9.48 Å². The number of aryl methyl sites for hydroxylation is 1. The molecule has 0 spiro atoms. The molecule has 0 bridgehead atoms. The van der Waals surface area contributed by atoms with E-state index in [-0.39, 0.29) is 11.3 Å². The lowest BCUT2D eigenvalue weighted by atomic mass is 10.1. The molecule has 7 nitrogen and oxygen atoms in total. The fourth-order valence-corrected chi connectivity index (χ4v) is 1.72. The number of fused-ring (bicyclic) bond motifs is 1. The van der Waals surface area contributed by atoms with Crippen LogP contribution < -0.4 is 10.9 Å². The summed E-state index contributed by atoms with van der Waals surface area (Å²) in [5.41, 5.74) is -0.296. The number of hydrogen-bond donors (Lipinski definition) is 1. The number of aromatic nitrogens is 2. The predicted molar refractivity (Wildman–Crippen MR) is 71.3 cm³/mol. The monoisotopic (exact) mass is 275 g/mol. The van der Waals surface area contributed by atoms with Crippen LogP contribution in [0.2, 0.25) is 0 Å². The number of benzene rings is 1. The molecule has 0 saturated heterocycles. The highest BCUT2D eigenvalue weighted by atomic mass is 16.5. The molecule has 2 aromatic rings. The smallest absolute Gasteiger partial charge is 0.359 e. The summed E-state index contributed by atoms with van der Waals surface area (Å²) in [6, 6.07) is 6.61. The summed E-state index contributed by atoms with van der Waals surface area (Å²) in [6.45, 7) is -0.395. The van der Waals surface area contributed by atoms with Gasteiger partial charge in [0, 0.05) is 19.5 Å². The fourth-order valence-electron chi connectivity index (χ4n) is 1.72. The van der Waals surface area contributed by atoms with E-state index >= 15 is 0 Å². The molecule has 7 heteroatoms. The van der Waals surface area contributed by atoms with Crippen LogP contribution in [0.25, 0.3) is 10.8 Å². The quantitative estimate of drug-likeness (QED) is 0.786. The van der Waals surface area contributed by atoms with E-state index in [2.05, 4.69) is 10.4 Å². The summed E-state index contributed by atoms with van der Waals surface area (Å²) in [5, 5.41) is 7.01. The summed E-state index contributed by atoms with van der Waals surface area (Å²) in [6.07, 6.45) is 0. The zero-order valence-corrected chi connectivity index (χ0v) is 11.0. The Hall–Kier alpha value is -2.70. The highest BCUT2D eigenvalue weighted by Gasteiger charge is 2.17. The molecule has 0 unspecified atom stereocenters. The number of ether oxygens (including phenoxy) is 1. The van der Waals surface area contributed by atoms with Crippen molar-refractivity contribution in [3.63, 3.8) is 0 Å². The van der Waals surface area contributed by atoms with Crippen molar-refractivity contribution in [2.45, 2.75) is 0 Å². The Labute approximate surface area is 114 Å². The SMILES string of the molecule is CNC(=O)COC(=O)c1nn(C)c(=O)c2ccccc12. The lowest BCUT2D eigenvalue weighted by molar-refractivity contribution is -0.123. The minimum Gasteiger partial charge on any atom is -0.451 e. The lowest BCUT2D eigenvalue weighted by Crippen LogP contribution is -2.27. The maximum atomic E-state index is 12.0. The van der Waals surface area contributed by atoms with Crippen LogP contribution in [0, 0.1) is 0 Å². The van der Waals surface area contributed by atoms with E-state index in [4.69, 9.17) is 4.74 Å². The first-order chi connectivity index (χ1) is 9.54. The predicted octanol–water partition coefficient (Wildman–Crippen LogP) is -0.164. The second-order valence-electron chi connectivity index (χ2n) is 4.07. The summed E-state index contributed by atoms with van der Waals surface area (Å²) in [5.74, 6) is -1.17. The largest absolute Gasteiger partial charge is 0.451 e. The minimum atomic E-state index is -0.750. The van der Waals surface area contributed by atoms with Crippen LogP contribution in [0.5, 0.6) is 0 Å². The van der Waals surface area contributed by atoms with Crippen LogP contribution in [-0.2, 0) is 16.6 Å². The molecule has 1 aromatic carbocycles. The van der Waals surface area contributed by atoms with Crippen LogP contribution in [0.3, 0.4) is 0 Å². The number of nitrogens with zero attached hydrogens (tertiary/aromatic N) is 2. The van der Waals surface area contributed by atoms with Crippen LogP contribution in [0.4, 0.5) is 0 Å². The summed E-state index contributed by atoms with van der Waals surface area (Å²) in [4.78, 5) is 34.9. The molecule has 20 heavy (non-hydrogen) atoms. The van der Waals surface area contributed by atoms with Crippen molar-refractivity contribution >= 4 is 22.6 Å². The Bertz CT molecular complexity index is 736. The number of carbonyl (C=O) groups excluding carboxylic acids is 2. The van der Waals surface area contributed by atoms with Gasteiger partial charge >= 0.3 is 5.97 Å². The number of amides is 1. The normalized spacial score (nSPS) is 10.3. The van der Waals surface area contributed by atoms with Crippen molar-refractivity contribution in [3.05, 3.63) is 40.3 Å². The zero-order chi connectivity index (χ0) is 14.7. The van der Waals surface area contributed by atoms with E-state index in [1.807, 2.05) is 0 Å². The highest BCUT2D eigenvalue weighted by molar-refractivity contribution is 6.02. The summed E-state index contributed by atoms with van der Waals surface area (Å²) >= 11 is 0. The van der Waals surface area contributed by atoms with Crippen molar-refractivity contribution in [3.8, 4) is 0 Å². The lowest BCUT2D eigenvalue weighted by Gasteiger charge is -2.07. The number of hydrogen-bond acceptors (Lipinski definition) is 5. The maximum Gasteiger partial charge on any atom is 0.359 e. The van der Waals surface area contributed by atoms with E-state index < -0.39 is 18.5 Å². The van der Waals surface area contributed by atoms with Crippen LogP contribution >= 0.6 is 0 Å². The average molecular weight is 275 g/mol. The minimum absolute atomic E-state index is 0.00611. The van der Waals surface area contributed by atoms with Gasteiger partial charge in [0.1, 0.15) is 0 Å². The molecule has 104 valence electrons. The highest BCUT2D eigenvalue weighted by Crippen LogP contribution is 2.13. The molecule has 0 aliphatic carbocycles. The Balaban J connectivity index is 2.44. The van der Waals surface area contributed by atoms with Gasteiger partial charge in [0.2, 0.25) is 0 Å². The van der Waals surface area contributed by atoms with E-state index in [0.717, 1.165) is 4.68 Å². The molecule has 2 rings (SSSR count). The topological polar surface area (TPSA) is 90.3 Å². The molecule has 0 fully saturated rings. The third kappa shape index (κ3) is 2.51. The van der Waals surface area contributed by atoms with Gasteiger partial charge in [0.25, 0.3) is 11.5 Å². The number of carbonyl (C=O) groups is 2. The molecule has 0 saturated carbocycles. The first-order valence-electron chi connectivity index (χ1n) is 5.88. The van der Waals surface area contributed by atoms with Crippen LogP contribution in [0.15, 0.2) is 29.1 Å². The Morgan fingerprint density at radius 2 is 1.95 bits per heavy atom. The second-order valence-corrected chi connectivity index (χ2v) is 4.07. The first-order valence-corrected chi connectivity index (χ1v) is 5.88. The average Bonchev–Trinajstić information content (AvgIpc) is 2.48. The molecular formula is C13H13N3O4. The van der Waals surface area contributed by atoms with Crippen molar-refractivity contribution in [2.75, 3.05) is 13.7 Å². The number of esters is 1. The number of rotatable bonds is 3.